The molecule has 1 saturated carbocycles. The van der Waals surface area contributed by atoms with Crippen LogP contribution in [0.15, 0.2) is 28.7 Å². The van der Waals surface area contributed by atoms with Crippen LogP contribution in [0.5, 0.6) is 0 Å². The van der Waals surface area contributed by atoms with Crippen LogP contribution < -0.4 is 5.32 Å². The third kappa shape index (κ3) is 3.18. The number of carbonyl (C=O) groups excluding carboxylic acids is 1. The Balaban J connectivity index is 2.00. The average molecular weight is 325 g/mol. The van der Waals surface area contributed by atoms with Crippen LogP contribution in [0.2, 0.25) is 0 Å². The van der Waals surface area contributed by atoms with E-state index in [9.17, 15) is 4.79 Å². The second kappa shape index (κ2) is 6.06. The first-order valence-electron chi connectivity index (χ1n) is 6.72. The molecule has 1 aromatic rings. The molecule has 1 fully saturated rings. The second-order valence-corrected chi connectivity index (χ2v) is 6.37. The van der Waals surface area contributed by atoms with Crippen molar-refractivity contribution in [2.45, 2.75) is 25.8 Å². The summed E-state index contributed by atoms with van der Waals surface area (Å²) < 4.78 is 1.07. The van der Waals surface area contributed by atoms with Crippen molar-refractivity contribution in [2.75, 3.05) is 20.6 Å². The number of amides is 1. The van der Waals surface area contributed by atoms with Gasteiger partial charge in [-0.3, -0.25) is 4.79 Å². The van der Waals surface area contributed by atoms with Crippen LogP contribution in [0.3, 0.4) is 0 Å². The number of nitrogens with zero attached hydrogens (tertiary/aromatic N) is 1. The lowest BCUT2D eigenvalue weighted by Crippen LogP contribution is -2.51. The molecule has 0 spiro atoms. The Bertz CT molecular complexity index is 440. The lowest BCUT2D eigenvalue weighted by atomic mass is 9.67. The molecule has 0 saturated heterocycles. The Hall–Kier alpha value is -0.870. The summed E-state index contributed by atoms with van der Waals surface area (Å²) in [6.45, 7) is 1.47. The Labute approximate surface area is 123 Å². The Morgan fingerprint density at radius 3 is 2.47 bits per heavy atom. The minimum absolute atomic E-state index is 0.154. The fourth-order valence-corrected chi connectivity index (χ4v) is 3.01. The highest BCUT2D eigenvalue weighted by molar-refractivity contribution is 9.10. The number of hydrogen-bond acceptors (Lipinski definition) is 2. The Morgan fingerprint density at radius 1 is 1.37 bits per heavy atom. The van der Waals surface area contributed by atoms with Gasteiger partial charge in [-0.1, -0.05) is 34.5 Å². The molecular formula is C15H21BrN2O. The molecule has 1 N–H and O–H groups in total. The first-order valence-corrected chi connectivity index (χ1v) is 7.51. The molecule has 0 unspecified atom stereocenters. The number of halogens is 1. The highest BCUT2D eigenvalue weighted by Gasteiger charge is 2.44. The summed E-state index contributed by atoms with van der Waals surface area (Å²) in [6.07, 6.45) is 3.19. The first kappa shape index (κ1) is 14.5. The molecule has 0 aromatic heterocycles. The molecule has 0 aliphatic heterocycles. The average Bonchev–Trinajstić information content (AvgIpc) is 2.35. The lowest BCUT2D eigenvalue weighted by molar-refractivity contribution is -0.146. The molecule has 0 atom stereocenters. The summed E-state index contributed by atoms with van der Waals surface area (Å²) in [5, 5.41) is 3.16. The van der Waals surface area contributed by atoms with E-state index in [1.165, 1.54) is 6.42 Å². The summed E-state index contributed by atoms with van der Waals surface area (Å²) in [6, 6.07) is 8.14. The van der Waals surface area contributed by atoms with Gasteiger partial charge in [-0.25, -0.2) is 0 Å². The summed E-state index contributed by atoms with van der Waals surface area (Å²) >= 11 is 3.42. The highest BCUT2D eigenvalue weighted by atomic mass is 79.9. The van der Waals surface area contributed by atoms with Gasteiger partial charge in [0.15, 0.2) is 0 Å². The van der Waals surface area contributed by atoms with Crippen molar-refractivity contribution in [2.24, 2.45) is 5.41 Å². The maximum Gasteiger partial charge on any atom is 0.230 e. The van der Waals surface area contributed by atoms with Crippen LogP contribution in [-0.4, -0.2) is 31.4 Å². The topological polar surface area (TPSA) is 32.3 Å². The van der Waals surface area contributed by atoms with E-state index in [-0.39, 0.29) is 11.3 Å². The van der Waals surface area contributed by atoms with Crippen molar-refractivity contribution < 1.29 is 4.79 Å². The number of nitrogens with one attached hydrogen (secondary N) is 1. The molecule has 104 valence electrons. The van der Waals surface area contributed by atoms with Crippen LogP contribution in [0.4, 0.5) is 0 Å². The fraction of sp³-hybridized carbons (Fsp3) is 0.533. The molecule has 0 bridgehead atoms. The quantitative estimate of drug-likeness (QED) is 0.903. The van der Waals surface area contributed by atoms with Gasteiger partial charge in [0.2, 0.25) is 5.91 Å². The third-order valence-corrected chi connectivity index (χ3v) is 4.49. The third-order valence-electron chi connectivity index (χ3n) is 3.96. The van der Waals surface area contributed by atoms with E-state index >= 15 is 0 Å². The van der Waals surface area contributed by atoms with E-state index in [2.05, 4.69) is 33.4 Å². The lowest BCUT2D eigenvalue weighted by Gasteiger charge is -2.42. The van der Waals surface area contributed by atoms with Crippen molar-refractivity contribution in [3.05, 3.63) is 34.3 Å². The van der Waals surface area contributed by atoms with Crippen molar-refractivity contribution >= 4 is 21.8 Å². The fourth-order valence-electron chi connectivity index (χ4n) is 2.75. The smallest absolute Gasteiger partial charge is 0.230 e. The van der Waals surface area contributed by atoms with E-state index < -0.39 is 0 Å². The van der Waals surface area contributed by atoms with Gasteiger partial charge in [-0.2, -0.15) is 0 Å². The molecule has 1 aliphatic rings. The van der Waals surface area contributed by atoms with E-state index in [4.69, 9.17) is 0 Å². The summed E-state index contributed by atoms with van der Waals surface area (Å²) in [4.78, 5) is 14.4. The molecule has 1 aliphatic carbocycles. The van der Waals surface area contributed by atoms with Gasteiger partial charge in [0.25, 0.3) is 0 Å². The molecule has 1 aromatic carbocycles. The second-order valence-electron chi connectivity index (χ2n) is 5.45. The summed E-state index contributed by atoms with van der Waals surface area (Å²) in [5.74, 6) is 0.274. The van der Waals surface area contributed by atoms with Crippen LogP contribution in [0.25, 0.3) is 0 Å². The molecule has 0 heterocycles. The first-order chi connectivity index (χ1) is 9.07. The zero-order chi connectivity index (χ0) is 13.9. The molecular weight excluding hydrogens is 304 g/mol. The van der Waals surface area contributed by atoms with E-state index in [1.807, 2.05) is 31.1 Å². The zero-order valence-corrected chi connectivity index (χ0v) is 13.2. The van der Waals surface area contributed by atoms with Gasteiger partial charge in [0, 0.05) is 24.6 Å². The van der Waals surface area contributed by atoms with Gasteiger partial charge >= 0.3 is 0 Å². The zero-order valence-electron chi connectivity index (χ0n) is 11.6. The monoisotopic (exact) mass is 324 g/mol. The van der Waals surface area contributed by atoms with E-state index in [0.29, 0.717) is 6.54 Å². The highest BCUT2D eigenvalue weighted by Crippen LogP contribution is 2.41. The SMILES string of the molecule is CNCC1(C(=O)N(C)Cc2ccc(Br)cc2)CCC1. The van der Waals surface area contributed by atoms with Crippen molar-refractivity contribution in [1.82, 2.24) is 10.2 Å². The normalized spacial score (nSPS) is 16.8. The van der Waals surface area contributed by atoms with Gasteiger partial charge in [-0.15, -0.1) is 0 Å². The van der Waals surface area contributed by atoms with Crippen LogP contribution >= 0.6 is 15.9 Å². The minimum atomic E-state index is -0.154. The predicted molar refractivity (Wildman–Crippen MR) is 80.8 cm³/mol. The number of rotatable bonds is 5. The Kier molecular flexibility index (Phi) is 4.63. The molecule has 0 radical (unpaired) electrons. The molecule has 19 heavy (non-hydrogen) atoms. The number of carbonyl (C=O) groups is 1. The maximum atomic E-state index is 12.6. The summed E-state index contributed by atoms with van der Waals surface area (Å²) in [5.41, 5.74) is 1.01. The van der Waals surface area contributed by atoms with Gasteiger partial charge in [0.1, 0.15) is 0 Å². The van der Waals surface area contributed by atoms with E-state index in [1.54, 1.807) is 0 Å². The van der Waals surface area contributed by atoms with Gasteiger partial charge in [0.05, 0.1) is 5.41 Å². The predicted octanol–water partition coefficient (Wildman–Crippen LogP) is 2.80. The maximum absolute atomic E-state index is 12.6. The van der Waals surface area contributed by atoms with Crippen LogP contribution in [-0.2, 0) is 11.3 Å². The van der Waals surface area contributed by atoms with E-state index in [0.717, 1.165) is 29.4 Å². The van der Waals surface area contributed by atoms with Gasteiger partial charge < -0.3 is 10.2 Å². The summed E-state index contributed by atoms with van der Waals surface area (Å²) in [7, 11) is 3.82. The largest absolute Gasteiger partial charge is 0.341 e. The molecule has 4 heteroatoms. The van der Waals surface area contributed by atoms with Crippen molar-refractivity contribution in [3.63, 3.8) is 0 Å². The Morgan fingerprint density at radius 2 is 2.00 bits per heavy atom. The van der Waals surface area contributed by atoms with Crippen molar-refractivity contribution in [3.8, 4) is 0 Å². The van der Waals surface area contributed by atoms with Crippen LogP contribution in [0.1, 0.15) is 24.8 Å². The standard InChI is InChI=1S/C15H21BrN2O/c1-17-11-15(8-3-9-15)14(19)18(2)10-12-4-6-13(16)7-5-12/h4-7,17H,3,8-11H2,1-2H3. The number of hydrogen-bond donors (Lipinski definition) is 1. The van der Waals surface area contributed by atoms with Gasteiger partial charge in [-0.05, 0) is 37.6 Å². The molecule has 2 rings (SSSR count). The minimum Gasteiger partial charge on any atom is -0.341 e. The van der Waals surface area contributed by atoms with Crippen molar-refractivity contribution in [1.29, 1.82) is 0 Å². The molecule has 1 amide bonds. The molecule has 3 nitrogen and oxygen atoms in total. The number of benzene rings is 1. The van der Waals surface area contributed by atoms with Crippen LogP contribution in [0, 0.1) is 5.41 Å².